The Kier molecular flexibility index (Phi) is 6.07. The molecular weight excluding hydrogens is 188 g/mol. The minimum Gasteiger partial charge on any atom is -0.481 e. The first kappa shape index (κ1) is 13.1. The standard InChI is InChI=1S/C9H16O5/c1-6(11)8(9(13)14)5-7(12)3-2-4-10/h7-8,10,12H,2-5H2,1H3,(H,13,14). The zero-order valence-electron chi connectivity index (χ0n) is 8.14. The van der Waals surface area contributed by atoms with Crippen molar-refractivity contribution in [1.29, 1.82) is 0 Å². The van der Waals surface area contributed by atoms with Crippen molar-refractivity contribution >= 4 is 11.8 Å². The van der Waals surface area contributed by atoms with Crippen LogP contribution in [0.2, 0.25) is 0 Å². The summed E-state index contributed by atoms with van der Waals surface area (Å²) < 4.78 is 0. The van der Waals surface area contributed by atoms with Gasteiger partial charge in [-0.3, -0.25) is 9.59 Å². The highest BCUT2D eigenvalue weighted by Crippen LogP contribution is 2.12. The first-order valence-corrected chi connectivity index (χ1v) is 4.51. The summed E-state index contributed by atoms with van der Waals surface area (Å²) in [5, 5.41) is 26.4. The van der Waals surface area contributed by atoms with Crippen LogP contribution in [0.15, 0.2) is 0 Å². The molecule has 0 rings (SSSR count). The van der Waals surface area contributed by atoms with Gasteiger partial charge in [0, 0.05) is 6.61 Å². The van der Waals surface area contributed by atoms with E-state index in [-0.39, 0.29) is 13.0 Å². The number of aliphatic hydroxyl groups excluding tert-OH is 2. The Morgan fingerprint density at radius 3 is 2.29 bits per heavy atom. The fourth-order valence-electron chi connectivity index (χ4n) is 1.16. The van der Waals surface area contributed by atoms with E-state index in [2.05, 4.69) is 0 Å². The molecule has 2 atom stereocenters. The molecule has 0 aliphatic carbocycles. The van der Waals surface area contributed by atoms with Crippen molar-refractivity contribution in [1.82, 2.24) is 0 Å². The number of aliphatic carboxylic acids is 1. The van der Waals surface area contributed by atoms with Crippen LogP contribution >= 0.6 is 0 Å². The molecule has 0 aliphatic rings. The maximum absolute atomic E-state index is 10.9. The van der Waals surface area contributed by atoms with Crippen molar-refractivity contribution in [2.45, 2.75) is 32.3 Å². The molecule has 3 N–H and O–H groups in total. The van der Waals surface area contributed by atoms with Crippen LogP contribution in [-0.2, 0) is 9.59 Å². The van der Waals surface area contributed by atoms with E-state index in [1.165, 1.54) is 6.92 Å². The van der Waals surface area contributed by atoms with Crippen LogP contribution in [-0.4, -0.2) is 39.8 Å². The predicted octanol–water partition coefficient (Wildman–Crippen LogP) is -0.200. The van der Waals surface area contributed by atoms with Gasteiger partial charge in [0.2, 0.25) is 0 Å². The van der Waals surface area contributed by atoms with E-state index in [0.29, 0.717) is 12.8 Å². The molecule has 0 fully saturated rings. The van der Waals surface area contributed by atoms with Gasteiger partial charge in [0.15, 0.2) is 0 Å². The fourth-order valence-corrected chi connectivity index (χ4v) is 1.16. The lowest BCUT2D eigenvalue weighted by atomic mass is 9.96. The molecule has 0 amide bonds. The zero-order valence-corrected chi connectivity index (χ0v) is 8.14. The van der Waals surface area contributed by atoms with E-state index in [0.717, 1.165) is 0 Å². The van der Waals surface area contributed by atoms with Crippen LogP contribution in [0.4, 0.5) is 0 Å². The van der Waals surface area contributed by atoms with Crippen molar-refractivity contribution in [3.05, 3.63) is 0 Å². The summed E-state index contributed by atoms with van der Waals surface area (Å²) in [6.07, 6.45) is -0.198. The summed E-state index contributed by atoms with van der Waals surface area (Å²) in [4.78, 5) is 21.4. The highest BCUT2D eigenvalue weighted by atomic mass is 16.4. The molecule has 2 unspecified atom stereocenters. The number of carboxylic acids is 1. The second-order valence-electron chi connectivity index (χ2n) is 3.26. The third kappa shape index (κ3) is 4.94. The number of ketones is 1. The number of rotatable bonds is 7. The number of carbonyl (C=O) groups excluding carboxylic acids is 1. The molecule has 0 aromatic carbocycles. The topological polar surface area (TPSA) is 94.8 Å². The summed E-state index contributed by atoms with van der Waals surface area (Å²) in [5.74, 6) is -2.80. The van der Waals surface area contributed by atoms with Crippen molar-refractivity contribution in [3.8, 4) is 0 Å². The SMILES string of the molecule is CC(=O)C(CC(O)CCCO)C(=O)O. The second kappa shape index (κ2) is 6.50. The van der Waals surface area contributed by atoms with Crippen molar-refractivity contribution in [2.24, 2.45) is 5.92 Å². The van der Waals surface area contributed by atoms with Crippen LogP contribution in [0.1, 0.15) is 26.2 Å². The fraction of sp³-hybridized carbons (Fsp3) is 0.778. The molecule has 0 spiro atoms. The molecule has 14 heavy (non-hydrogen) atoms. The Hall–Kier alpha value is -0.940. The van der Waals surface area contributed by atoms with E-state index in [1.54, 1.807) is 0 Å². The van der Waals surface area contributed by atoms with E-state index >= 15 is 0 Å². The van der Waals surface area contributed by atoms with Gasteiger partial charge in [0.25, 0.3) is 0 Å². The molecule has 5 heteroatoms. The number of hydrogen-bond acceptors (Lipinski definition) is 4. The minimum atomic E-state index is -1.21. The van der Waals surface area contributed by atoms with Crippen molar-refractivity contribution in [3.63, 3.8) is 0 Å². The van der Waals surface area contributed by atoms with Crippen molar-refractivity contribution in [2.75, 3.05) is 6.61 Å². The monoisotopic (exact) mass is 204 g/mol. The smallest absolute Gasteiger partial charge is 0.314 e. The van der Waals surface area contributed by atoms with Gasteiger partial charge in [-0.2, -0.15) is 0 Å². The van der Waals surface area contributed by atoms with Gasteiger partial charge in [0.1, 0.15) is 11.7 Å². The lowest BCUT2D eigenvalue weighted by Gasteiger charge is -2.13. The molecule has 0 aromatic heterocycles. The summed E-state index contributed by atoms with van der Waals surface area (Å²) in [6, 6.07) is 0. The Bertz CT molecular complexity index is 187. The third-order valence-electron chi connectivity index (χ3n) is 1.99. The quantitative estimate of drug-likeness (QED) is 0.499. The maximum Gasteiger partial charge on any atom is 0.314 e. The Morgan fingerprint density at radius 2 is 1.93 bits per heavy atom. The molecular formula is C9H16O5. The summed E-state index contributed by atoms with van der Waals surface area (Å²) in [7, 11) is 0. The Morgan fingerprint density at radius 1 is 1.36 bits per heavy atom. The van der Waals surface area contributed by atoms with Gasteiger partial charge in [0.05, 0.1) is 6.10 Å². The first-order chi connectivity index (χ1) is 6.49. The van der Waals surface area contributed by atoms with E-state index in [1.807, 2.05) is 0 Å². The zero-order chi connectivity index (χ0) is 11.1. The summed E-state index contributed by atoms with van der Waals surface area (Å²) in [5.41, 5.74) is 0. The Labute approximate surface area is 82.4 Å². The average molecular weight is 204 g/mol. The predicted molar refractivity (Wildman–Crippen MR) is 48.8 cm³/mol. The second-order valence-corrected chi connectivity index (χ2v) is 3.26. The van der Waals surface area contributed by atoms with Gasteiger partial charge in [-0.1, -0.05) is 0 Å². The van der Waals surface area contributed by atoms with E-state index < -0.39 is 23.8 Å². The van der Waals surface area contributed by atoms with Gasteiger partial charge in [-0.15, -0.1) is 0 Å². The lowest BCUT2D eigenvalue weighted by Crippen LogP contribution is -2.26. The third-order valence-corrected chi connectivity index (χ3v) is 1.99. The first-order valence-electron chi connectivity index (χ1n) is 4.51. The lowest BCUT2D eigenvalue weighted by molar-refractivity contribution is -0.147. The van der Waals surface area contributed by atoms with Crippen LogP contribution in [0.3, 0.4) is 0 Å². The number of hydrogen-bond donors (Lipinski definition) is 3. The van der Waals surface area contributed by atoms with Crippen LogP contribution in [0, 0.1) is 5.92 Å². The maximum atomic E-state index is 10.9. The minimum absolute atomic E-state index is 0.0468. The van der Waals surface area contributed by atoms with Crippen LogP contribution < -0.4 is 0 Å². The molecule has 0 saturated heterocycles. The van der Waals surface area contributed by atoms with E-state index in [4.69, 9.17) is 10.2 Å². The van der Waals surface area contributed by atoms with Gasteiger partial charge in [-0.25, -0.2) is 0 Å². The molecule has 0 aromatic rings. The van der Waals surface area contributed by atoms with E-state index in [9.17, 15) is 14.7 Å². The number of aliphatic hydroxyl groups is 2. The largest absolute Gasteiger partial charge is 0.481 e. The molecule has 0 radical (unpaired) electrons. The highest BCUT2D eigenvalue weighted by molar-refractivity contribution is 5.96. The van der Waals surface area contributed by atoms with Gasteiger partial charge in [-0.05, 0) is 26.2 Å². The number of Topliss-reactive ketones (excluding diaryl/α,β-unsaturated/α-hetero) is 1. The molecule has 0 saturated carbocycles. The number of carboxylic acid groups (broad SMARTS) is 1. The van der Waals surface area contributed by atoms with Crippen LogP contribution in [0.5, 0.6) is 0 Å². The van der Waals surface area contributed by atoms with Gasteiger partial charge >= 0.3 is 5.97 Å². The summed E-state index contributed by atoms with van der Waals surface area (Å²) in [6.45, 7) is 1.15. The summed E-state index contributed by atoms with van der Waals surface area (Å²) >= 11 is 0. The molecule has 0 heterocycles. The number of carbonyl (C=O) groups is 2. The normalized spacial score (nSPS) is 14.8. The molecule has 0 bridgehead atoms. The average Bonchev–Trinajstić information content (AvgIpc) is 2.09. The highest BCUT2D eigenvalue weighted by Gasteiger charge is 2.25. The van der Waals surface area contributed by atoms with Gasteiger partial charge < -0.3 is 15.3 Å². The Balaban J connectivity index is 4.03. The van der Waals surface area contributed by atoms with Crippen LogP contribution in [0.25, 0.3) is 0 Å². The molecule has 0 aliphatic heterocycles. The van der Waals surface area contributed by atoms with Crippen molar-refractivity contribution < 1.29 is 24.9 Å². The molecule has 5 nitrogen and oxygen atoms in total. The molecule has 82 valence electrons.